The summed E-state index contributed by atoms with van der Waals surface area (Å²) in [5, 5.41) is 0. The number of hydrogen-bond donors (Lipinski definition) is 0. The topological polar surface area (TPSA) is 63.2 Å². The molecule has 0 rings (SSSR count). The van der Waals surface area contributed by atoms with Gasteiger partial charge in [0, 0.05) is 19.6 Å². The third kappa shape index (κ3) is 23.3. The number of hydrogen-bond acceptors (Lipinski definition) is 6. The summed E-state index contributed by atoms with van der Waals surface area (Å²) in [6.45, 7) is 9.34. The van der Waals surface area contributed by atoms with Gasteiger partial charge >= 0.3 is 5.97 Å². The van der Waals surface area contributed by atoms with Gasteiger partial charge in [0.15, 0.2) is 0 Å². The lowest BCUT2D eigenvalue weighted by Gasteiger charge is -2.07. The maximum Gasteiger partial charge on any atom is 0.305 e. The summed E-state index contributed by atoms with van der Waals surface area (Å²) in [4.78, 5) is 11.1. The summed E-state index contributed by atoms with van der Waals surface area (Å²) in [6.07, 6.45) is 10.2. The first-order valence-electron chi connectivity index (χ1n) is 10.8. The number of ether oxygens (including phenoxy) is 5. The molecule has 0 aromatic carbocycles. The molecule has 162 valence electrons. The quantitative estimate of drug-likeness (QED) is 0.204. The highest BCUT2D eigenvalue weighted by atomic mass is 16.6. The molecule has 0 saturated carbocycles. The fourth-order valence-corrected chi connectivity index (χ4v) is 2.47. The first kappa shape index (κ1) is 26.3. The zero-order chi connectivity index (χ0) is 19.8. The van der Waals surface area contributed by atoms with Gasteiger partial charge in [-0.25, -0.2) is 0 Å². The Labute approximate surface area is 166 Å². The summed E-state index contributed by atoms with van der Waals surface area (Å²) < 4.78 is 26.7. The van der Waals surface area contributed by atoms with Crippen LogP contribution in [0.4, 0.5) is 0 Å². The Bertz CT molecular complexity index is 298. The van der Waals surface area contributed by atoms with Gasteiger partial charge in [0.2, 0.25) is 0 Å². The smallest absolute Gasteiger partial charge is 0.305 e. The van der Waals surface area contributed by atoms with E-state index in [0.29, 0.717) is 65.7 Å². The maximum absolute atomic E-state index is 11.1. The van der Waals surface area contributed by atoms with Crippen molar-refractivity contribution in [3.8, 4) is 0 Å². The number of unbranched alkanes of at least 4 members (excludes halogenated alkanes) is 6. The van der Waals surface area contributed by atoms with E-state index in [2.05, 4.69) is 6.92 Å². The van der Waals surface area contributed by atoms with Crippen LogP contribution in [0.1, 0.15) is 71.6 Å². The largest absolute Gasteiger partial charge is 0.466 e. The molecule has 0 spiro atoms. The Balaban J connectivity index is 3.02. The molecule has 0 atom stereocenters. The highest BCUT2D eigenvalue weighted by Crippen LogP contribution is 2.06. The molecule has 0 N–H and O–H groups in total. The molecule has 0 saturated heterocycles. The van der Waals surface area contributed by atoms with E-state index in [1.807, 2.05) is 0 Å². The van der Waals surface area contributed by atoms with Gasteiger partial charge in [0.1, 0.15) is 0 Å². The van der Waals surface area contributed by atoms with Gasteiger partial charge in [0.05, 0.1) is 46.2 Å². The minimum absolute atomic E-state index is 0.166. The number of carbonyl (C=O) groups excluding carboxylic acids is 1. The van der Waals surface area contributed by atoms with E-state index in [1.54, 1.807) is 6.92 Å². The van der Waals surface area contributed by atoms with Crippen LogP contribution in [0.15, 0.2) is 0 Å². The molecule has 0 aromatic heterocycles. The third-order valence-corrected chi connectivity index (χ3v) is 3.98. The van der Waals surface area contributed by atoms with Crippen molar-refractivity contribution in [3.05, 3.63) is 0 Å². The van der Waals surface area contributed by atoms with E-state index in [9.17, 15) is 4.79 Å². The first-order valence-corrected chi connectivity index (χ1v) is 10.8. The normalized spacial score (nSPS) is 11.0. The van der Waals surface area contributed by atoms with Gasteiger partial charge in [-0.2, -0.15) is 0 Å². The standard InChI is InChI=1S/C21H42O6/c1-3-5-6-7-8-9-10-13-23-15-17-25-19-20-26-18-16-24-14-11-12-21(22)27-4-2/h3-20H2,1-2H3. The average molecular weight is 391 g/mol. The van der Waals surface area contributed by atoms with Gasteiger partial charge in [-0.05, 0) is 19.8 Å². The molecular formula is C21H42O6. The molecule has 0 aliphatic heterocycles. The zero-order valence-electron chi connectivity index (χ0n) is 17.7. The molecule has 6 nitrogen and oxygen atoms in total. The fraction of sp³-hybridized carbons (Fsp3) is 0.952. The van der Waals surface area contributed by atoms with E-state index >= 15 is 0 Å². The average Bonchev–Trinajstić information content (AvgIpc) is 2.66. The molecule has 0 aliphatic carbocycles. The Morgan fingerprint density at radius 3 is 1.52 bits per heavy atom. The Morgan fingerprint density at radius 1 is 0.556 bits per heavy atom. The molecular weight excluding hydrogens is 348 g/mol. The summed E-state index contributed by atoms with van der Waals surface area (Å²) in [5.74, 6) is -0.166. The van der Waals surface area contributed by atoms with Crippen molar-refractivity contribution in [1.82, 2.24) is 0 Å². The van der Waals surface area contributed by atoms with Crippen LogP contribution in [0.25, 0.3) is 0 Å². The highest BCUT2D eigenvalue weighted by molar-refractivity contribution is 5.69. The molecule has 0 unspecified atom stereocenters. The van der Waals surface area contributed by atoms with Crippen LogP contribution in [-0.4, -0.2) is 65.4 Å². The maximum atomic E-state index is 11.1. The van der Waals surface area contributed by atoms with Crippen molar-refractivity contribution in [2.45, 2.75) is 71.6 Å². The third-order valence-electron chi connectivity index (χ3n) is 3.98. The number of carbonyl (C=O) groups is 1. The van der Waals surface area contributed by atoms with Crippen molar-refractivity contribution in [1.29, 1.82) is 0 Å². The van der Waals surface area contributed by atoms with E-state index < -0.39 is 0 Å². The van der Waals surface area contributed by atoms with Crippen LogP contribution in [-0.2, 0) is 28.5 Å². The van der Waals surface area contributed by atoms with Gasteiger partial charge in [-0.3, -0.25) is 4.79 Å². The van der Waals surface area contributed by atoms with Crippen LogP contribution in [0, 0.1) is 0 Å². The molecule has 0 aliphatic rings. The SMILES string of the molecule is CCCCCCCCCOCCOCCOCCOCCCC(=O)OCC. The van der Waals surface area contributed by atoms with E-state index in [1.165, 1.54) is 38.5 Å². The van der Waals surface area contributed by atoms with Crippen molar-refractivity contribution in [3.63, 3.8) is 0 Å². The lowest BCUT2D eigenvalue weighted by molar-refractivity contribution is -0.143. The van der Waals surface area contributed by atoms with Gasteiger partial charge in [-0.15, -0.1) is 0 Å². The van der Waals surface area contributed by atoms with Gasteiger partial charge in [0.25, 0.3) is 0 Å². The predicted molar refractivity (Wildman–Crippen MR) is 107 cm³/mol. The number of esters is 1. The minimum Gasteiger partial charge on any atom is -0.466 e. The second kappa shape index (κ2) is 23.3. The van der Waals surface area contributed by atoms with E-state index in [0.717, 1.165) is 13.0 Å². The zero-order valence-corrected chi connectivity index (χ0v) is 17.7. The molecule has 0 bridgehead atoms. The molecule has 0 aromatic rings. The first-order chi connectivity index (χ1) is 13.3. The van der Waals surface area contributed by atoms with Crippen molar-refractivity contribution >= 4 is 5.97 Å². The van der Waals surface area contributed by atoms with Crippen LogP contribution in [0.5, 0.6) is 0 Å². The Hall–Kier alpha value is -0.690. The summed E-state index contributed by atoms with van der Waals surface area (Å²) >= 11 is 0. The van der Waals surface area contributed by atoms with Crippen LogP contribution >= 0.6 is 0 Å². The molecule has 27 heavy (non-hydrogen) atoms. The van der Waals surface area contributed by atoms with Crippen LogP contribution in [0.2, 0.25) is 0 Å². The van der Waals surface area contributed by atoms with E-state index in [4.69, 9.17) is 23.7 Å². The summed E-state index contributed by atoms with van der Waals surface area (Å²) in [7, 11) is 0. The predicted octanol–water partition coefficient (Wildman–Crippen LogP) is 4.15. The van der Waals surface area contributed by atoms with Gasteiger partial charge < -0.3 is 23.7 Å². The molecule has 0 fully saturated rings. The molecule has 0 amide bonds. The number of rotatable bonds is 22. The summed E-state index contributed by atoms with van der Waals surface area (Å²) in [5.41, 5.74) is 0. The summed E-state index contributed by atoms with van der Waals surface area (Å²) in [6, 6.07) is 0. The van der Waals surface area contributed by atoms with E-state index in [-0.39, 0.29) is 5.97 Å². The van der Waals surface area contributed by atoms with Crippen molar-refractivity contribution in [2.75, 3.05) is 59.5 Å². The molecule has 6 heteroatoms. The van der Waals surface area contributed by atoms with Crippen LogP contribution < -0.4 is 0 Å². The lowest BCUT2D eigenvalue weighted by Crippen LogP contribution is -2.12. The van der Waals surface area contributed by atoms with Crippen molar-refractivity contribution in [2.24, 2.45) is 0 Å². The second-order valence-corrected chi connectivity index (χ2v) is 6.48. The minimum atomic E-state index is -0.166. The monoisotopic (exact) mass is 390 g/mol. The lowest BCUT2D eigenvalue weighted by atomic mass is 10.1. The van der Waals surface area contributed by atoms with Crippen LogP contribution in [0.3, 0.4) is 0 Å². The van der Waals surface area contributed by atoms with Gasteiger partial charge in [-0.1, -0.05) is 45.4 Å². The molecule has 0 heterocycles. The highest BCUT2D eigenvalue weighted by Gasteiger charge is 2.00. The van der Waals surface area contributed by atoms with Crippen molar-refractivity contribution < 1.29 is 28.5 Å². The molecule has 0 radical (unpaired) electrons. The Kier molecular flexibility index (Phi) is 22.8. The Morgan fingerprint density at radius 2 is 1.00 bits per heavy atom. The second-order valence-electron chi connectivity index (χ2n) is 6.48. The fourth-order valence-electron chi connectivity index (χ4n) is 2.47.